The Balaban J connectivity index is 4.94. The molecule has 0 rings (SSSR count). The number of carboxylic acid groups (broad SMARTS) is 1. The molecule has 4 heteroatoms. The van der Waals surface area contributed by atoms with Crippen LogP contribution in [0.25, 0.3) is 0 Å². The first-order valence-electron chi connectivity index (χ1n) is 5.50. The van der Waals surface area contributed by atoms with Gasteiger partial charge in [-0.3, -0.25) is 9.59 Å². The Bertz CT molecular complexity index is 272. The van der Waals surface area contributed by atoms with E-state index in [-0.39, 0.29) is 18.9 Å². The molecule has 0 amide bonds. The molecule has 1 N–H and O–H groups in total. The number of aliphatic carboxylic acids is 1. The summed E-state index contributed by atoms with van der Waals surface area (Å²) in [4.78, 5) is 23.1. The van der Waals surface area contributed by atoms with E-state index in [0.29, 0.717) is 6.42 Å². The van der Waals surface area contributed by atoms with Crippen molar-refractivity contribution in [3.8, 4) is 0 Å². The summed E-state index contributed by atoms with van der Waals surface area (Å²) in [5, 5.41) is 9.16. The fourth-order valence-corrected chi connectivity index (χ4v) is 1.32. The van der Waals surface area contributed by atoms with E-state index in [0.717, 1.165) is 0 Å². The van der Waals surface area contributed by atoms with Crippen LogP contribution in [-0.4, -0.2) is 23.1 Å². The minimum Gasteiger partial charge on any atom is -0.480 e. The standard InChI is InChI=1S/C12H20O4/c1-5-8-12(7-3,10(13)14)11(15)16-9(4)6-2/h5,9H,1,6-8H2,2-4H3,(H,13,14). The molecule has 0 aliphatic heterocycles. The summed E-state index contributed by atoms with van der Waals surface area (Å²) in [7, 11) is 0. The highest BCUT2D eigenvalue weighted by Gasteiger charge is 2.45. The van der Waals surface area contributed by atoms with Crippen LogP contribution in [-0.2, 0) is 14.3 Å². The van der Waals surface area contributed by atoms with Gasteiger partial charge < -0.3 is 9.84 Å². The zero-order valence-corrected chi connectivity index (χ0v) is 10.2. The van der Waals surface area contributed by atoms with Gasteiger partial charge in [-0.05, 0) is 26.2 Å². The van der Waals surface area contributed by atoms with Crippen molar-refractivity contribution in [1.29, 1.82) is 0 Å². The van der Waals surface area contributed by atoms with Crippen molar-refractivity contribution in [1.82, 2.24) is 0 Å². The summed E-state index contributed by atoms with van der Waals surface area (Å²) in [6.07, 6.45) is 2.13. The van der Waals surface area contributed by atoms with Gasteiger partial charge in [0.05, 0.1) is 6.10 Å². The number of esters is 1. The summed E-state index contributed by atoms with van der Waals surface area (Å²) < 4.78 is 5.10. The minimum atomic E-state index is -1.48. The van der Waals surface area contributed by atoms with Crippen LogP contribution in [0.5, 0.6) is 0 Å². The Hall–Kier alpha value is -1.32. The van der Waals surface area contributed by atoms with Crippen LogP contribution in [0, 0.1) is 5.41 Å². The molecule has 0 saturated heterocycles. The van der Waals surface area contributed by atoms with E-state index in [1.165, 1.54) is 6.08 Å². The van der Waals surface area contributed by atoms with Gasteiger partial charge in [-0.2, -0.15) is 0 Å². The number of rotatable bonds is 7. The van der Waals surface area contributed by atoms with Crippen LogP contribution in [0.4, 0.5) is 0 Å². The third kappa shape index (κ3) is 3.08. The fraction of sp³-hybridized carbons (Fsp3) is 0.667. The predicted molar refractivity (Wildman–Crippen MR) is 61.0 cm³/mol. The van der Waals surface area contributed by atoms with E-state index in [4.69, 9.17) is 9.84 Å². The monoisotopic (exact) mass is 228 g/mol. The van der Waals surface area contributed by atoms with Crippen LogP contribution >= 0.6 is 0 Å². The summed E-state index contributed by atoms with van der Waals surface area (Å²) in [5.41, 5.74) is -1.48. The fourth-order valence-electron chi connectivity index (χ4n) is 1.32. The predicted octanol–water partition coefficient (Wildman–Crippen LogP) is 2.39. The second-order valence-electron chi connectivity index (χ2n) is 3.86. The molecule has 0 fully saturated rings. The van der Waals surface area contributed by atoms with E-state index < -0.39 is 17.4 Å². The van der Waals surface area contributed by atoms with Gasteiger partial charge in [0.2, 0.25) is 0 Å². The molecule has 0 aromatic rings. The summed E-state index contributed by atoms with van der Waals surface area (Å²) in [6.45, 7) is 8.77. The highest BCUT2D eigenvalue weighted by molar-refractivity contribution is 5.99. The zero-order chi connectivity index (χ0) is 12.8. The molecule has 0 spiro atoms. The summed E-state index contributed by atoms with van der Waals surface area (Å²) in [5.74, 6) is -1.82. The van der Waals surface area contributed by atoms with Gasteiger partial charge in [-0.1, -0.05) is 19.9 Å². The smallest absolute Gasteiger partial charge is 0.324 e. The average Bonchev–Trinajstić information content (AvgIpc) is 2.24. The quantitative estimate of drug-likeness (QED) is 0.413. The van der Waals surface area contributed by atoms with Gasteiger partial charge >= 0.3 is 11.9 Å². The number of hydrogen-bond acceptors (Lipinski definition) is 3. The van der Waals surface area contributed by atoms with E-state index in [1.807, 2.05) is 6.92 Å². The average molecular weight is 228 g/mol. The molecule has 16 heavy (non-hydrogen) atoms. The topological polar surface area (TPSA) is 63.6 Å². The molecule has 2 atom stereocenters. The molecule has 4 nitrogen and oxygen atoms in total. The highest BCUT2D eigenvalue weighted by atomic mass is 16.5. The molecule has 2 unspecified atom stereocenters. The lowest BCUT2D eigenvalue weighted by Gasteiger charge is -2.26. The molecule has 0 aliphatic carbocycles. The first kappa shape index (κ1) is 14.7. The van der Waals surface area contributed by atoms with Crippen LogP contribution in [0.1, 0.15) is 40.0 Å². The Morgan fingerprint density at radius 2 is 2.06 bits per heavy atom. The van der Waals surface area contributed by atoms with Gasteiger partial charge in [0.15, 0.2) is 5.41 Å². The second-order valence-corrected chi connectivity index (χ2v) is 3.86. The molecule has 0 heterocycles. The normalized spacial score (nSPS) is 15.9. The first-order chi connectivity index (χ1) is 7.44. The SMILES string of the molecule is C=CCC(CC)(C(=O)O)C(=O)OC(C)CC. The third-order valence-corrected chi connectivity index (χ3v) is 2.78. The van der Waals surface area contributed by atoms with Crippen molar-refractivity contribution >= 4 is 11.9 Å². The lowest BCUT2D eigenvalue weighted by Crippen LogP contribution is -2.41. The largest absolute Gasteiger partial charge is 0.480 e. The lowest BCUT2D eigenvalue weighted by molar-refractivity contribution is -0.172. The molecule has 0 aromatic carbocycles. The van der Waals surface area contributed by atoms with Crippen LogP contribution in [0.15, 0.2) is 12.7 Å². The molecule has 0 bridgehead atoms. The van der Waals surface area contributed by atoms with E-state index >= 15 is 0 Å². The molecule has 0 aliphatic rings. The lowest BCUT2D eigenvalue weighted by atomic mass is 9.82. The van der Waals surface area contributed by atoms with Gasteiger partial charge in [0.1, 0.15) is 0 Å². The van der Waals surface area contributed by atoms with Crippen molar-refractivity contribution < 1.29 is 19.4 Å². The van der Waals surface area contributed by atoms with E-state index in [1.54, 1.807) is 13.8 Å². The summed E-state index contributed by atoms with van der Waals surface area (Å²) in [6, 6.07) is 0. The Morgan fingerprint density at radius 3 is 2.38 bits per heavy atom. The Kier molecular flexibility index (Phi) is 5.78. The summed E-state index contributed by atoms with van der Waals surface area (Å²) >= 11 is 0. The van der Waals surface area contributed by atoms with Gasteiger partial charge in [0, 0.05) is 0 Å². The maximum atomic E-state index is 11.8. The van der Waals surface area contributed by atoms with Crippen LogP contribution in [0.2, 0.25) is 0 Å². The van der Waals surface area contributed by atoms with Crippen molar-refractivity contribution in [2.75, 3.05) is 0 Å². The van der Waals surface area contributed by atoms with E-state index in [2.05, 4.69) is 6.58 Å². The molecule has 0 saturated carbocycles. The first-order valence-corrected chi connectivity index (χ1v) is 5.50. The minimum absolute atomic E-state index is 0.0914. The van der Waals surface area contributed by atoms with Crippen LogP contribution < -0.4 is 0 Å². The number of hydrogen-bond donors (Lipinski definition) is 1. The number of allylic oxidation sites excluding steroid dienone is 1. The van der Waals surface area contributed by atoms with Crippen molar-refractivity contribution in [3.63, 3.8) is 0 Å². The third-order valence-electron chi connectivity index (χ3n) is 2.78. The van der Waals surface area contributed by atoms with Crippen LogP contribution in [0.3, 0.4) is 0 Å². The van der Waals surface area contributed by atoms with Gasteiger partial charge in [-0.15, -0.1) is 6.58 Å². The highest BCUT2D eigenvalue weighted by Crippen LogP contribution is 2.30. The number of ether oxygens (including phenoxy) is 1. The van der Waals surface area contributed by atoms with Gasteiger partial charge in [0.25, 0.3) is 0 Å². The molecular weight excluding hydrogens is 208 g/mol. The van der Waals surface area contributed by atoms with E-state index in [9.17, 15) is 9.59 Å². The molecule has 92 valence electrons. The maximum Gasteiger partial charge on any atom is 0.324 e. The van der Waals surface area contributed by atoms with Crippen molar-refractivity contribution in [2.24, 2.45) is 5.41 Å². The molecule has 0 radical (unpaired) electrons. The maximum absolute atomic E-state index is 11.8. The number of carbonyl (C=O) groups excluding carboxylic acids is 1. The van der Waals surface area contributed by atoms with Crippen molar-refractivity contribution in [2.45, 2.75) is 46.1 Å². The molecule has 0 aromatic heterocycles. The zero-order valence-electron chi connectivity index (χ0n) is 10.2. The Labute approximate surface area is 96.3 Å². The van der Waals surface area contributed by atoms with Gasteiger partial charge in [-0.25, -0.2) is 0 Å². The second kappa shape index (κ2) is 6.30. The number of carbonyl (C=O) groups is 2. The molecular formula is C12H20O4. The number of carboxylic acids is 1. The van der Waals surface area contributed by atoms with Crippen molar-refractivity contribution in [3.05, 3.63) is 12.7 Å². The Morgan fingerprint density at radius 1 is 1.50 bits per heavy atom.